The van der Waals surface area contributed by atoms with Crippen LogP contribution in [0.2, 0.25) is 0 Å². The van der Waals surface area contributed by atoms with Crippen molar-refractivity contribution in [3.63, 3.8) is 0 Å². The molecule has 1 aromatic heterocycles. The van der Waals surface area contributed by atoms with E-state index in [9.17, 15) is 5.11 Å². The molecule has 154 valence electrons. The number of nitrogens with one attached hydrogen (secondary N) is 1. The van der Waals surface area contributed by atoms with Gasteiger partial charge in [-0.05, 0) is 49.7 Å². The molecule has 1 aliphatic heterocycles. The van der Waals surface area contributed by atoms with E-state index in [0.29, 0.717) is 25.7 Å². The van der Waals surface area contributed by atoms with E-state index < -0.39 is 6.29 Å². The first-order valence-electron chi connectivity index (χ1n) is 10.0. The van der Waals surface area contributed by atoms with Gasteiger partial charge in [0, 0.05) is 29.4 Å². The third-order valence-corrected chi connectivity index (χ3v) is 5.71. The maximum Gasteiger partial charge on any atom is 0.158 e. The van der Waals surface area contributed by atoms with Crippen LogP contribution in [0.5, 0.6) is 5.75 Å². The average molecular weight is 460 g/mol. The third kappa shape index (κ3) is 4.64. The van der Waals surface area contributed by atoms with E-state index >= 15 is 0 Å². The van der Waals surface area contributed by atoms with Gasteiger partial charge in [0.05, 0.1) is 11.6 Å². The molecule has 2 unspecified atom stereocenters. The number of aliphatic hydroxyl groups excluding tert-OH is 1. The van der Waals surface area contributed by atoms with Gasteiger partial charge in [-0.2, -0.15) is 5.10 Å². The number of fused-ring (bicyclic) bond motifs is 1. The van der Waals surface area contributed by atoms with Crippen LogP contribution in [0.25, 0.3) is 10.9 Å². The highest BCUT2D eigenvalue weighted by Gasteiger charge is 2.22. The summed E-state index contributed by atoms with van der Waals surface area (Å²) in [6.45, 7) is 4.65. The Labute approximate surface area is 178 Å². The van der Waals surface area contributed by atoms with E-state index in [4.69, 9.17) is 14.6 Å². The lowest BCUT2D eigenvalue weighted by atomic mass is 10.1. The highest BCUT2D eigenvalue weighted by Crippen LogP contribution is 2.29. The molecule has 1 saturated heterocycles. The number of halogens is 1. The Kier molecular flexibility index (Phi) is 6.50. The van der Waals surface area contributed by atoms with E-state index in [-0.39, 0.29) is 0 Å². The summed E-state index contributed by atoms with van der Waals surface area (Å²) in [6.07, 6.45) is 0.625. The minimum atomic E-state index is -0.837. The Morgan fingerprint density at radius 2 is 2.17 bits per heavy atom. The predicted molar refractivity (Wildman–Crippen MR) is 116 cm³/mol. The van der Waals surface area contributed by atoms with Crippen LogP contribution in [0, 0.1) is 0 Å². The SMILES string of the molecule is CCOC(O)Cc1ccccc1OCc1nn(C2CCNC2)c2ccc(Br)cc12. The Morgan fingerprint density at radius 1 is 1.31 bits per heavy atom. The second kappa shape index (κ2) is 9.26. The highest BCUT2D eigenvalue weighted by molar-refractivity contribution is 9.10. The lowest BCUT2D eigenvalue weighted by molar-refractivity contribution is -0.0930. The quantitative estimate of drug-likeness (QED) is 0.501. The van der Waals surface area contributed by atoms with Gasteiger partial charge in [0.2, 0.25) is 0 Å². The number of para-hydroxylation sites is 1. The van der Waals surface area contributed by atoms with Gasteiger partial charge >= 0.3 is 0 Å². The summed E-state index contributed by atoms with van der Waals surface area (Å²) < 4.78 is 14.6. The van der Waals surface area contributed by atoms with Gasteiger partial charge in [-0.1, -0.05) is 34.1 Å². The van der Waals surface area contributed by atoms with E-state index in [1.807, 2.05) is 31.2 Å². The van der Waals surface area contributed by atoms with E-state index in [1.54, 1.807) is 0 Å². The molecule has 2 heterocycles. The standard InChI is InChI=1S/C22H26BrN3O3/c1-2-28-22(27)11-15-5-3-4-6-21(15)29-14-19-18-12-16(23)7-8-20(18)26(25-19)17-9-10-24-13-17/h3-8,12,17,22,24,27H,2,9-11,13-14H2,1H3. The maximum absolute atomic E-state index is 10.0. The molecule has 0 radical (unpaired) electrons. The van der Waals surface area contributed by atoms with Crippen LogP contribution in [0.3, 0.4) is 0 Å². The fourth-order valence-electron chi connectivity index (χ4n) is 3.81. The third-order valence-electron chi connectivity index (χ3n) is 5.22. The number of nitrogens with zero attached hydrogens (tertiary/aromatic N) is 2. The van der Waals surface area contributed by atoms with Crippen LogP contribution in [0.4, 0.5) is 0 Å². The predicted octanol–water partition coefficient (Wildman–Crippen LogP) is 3.81. The molecule has 2 aromatic carbocycles. The van der Waals surface area contributed by atoms with Crippen LogP contribution in [-0.4, -0.2) is 40.9 Å². The molecule has 0 bridgehead atoms. The zero-order valence-corrected chi connectivity index (χ0v) is 18.1. The van der Waals surface area contributed by atoms with Crippen LogP contribution < -0.4 is 10.1 Å². The van der Waals surface area contributed by atoms with E-state index in [1.165, 1.54) is 0 Å². The van der Waals surface area contributed by atoms with E-state index in [0.717, 1.165) is 51.9 Å². The lowest BCUT2D eigenvalue weighted by Crippen LogP contribution is -2.16. The molecular weight excluding hydrogens is 434 g/mol. The van der Waals surface area contributed by atoms with Crippen molar-refractivity contribution in [2.75, 3.05) is 19.7 Å². The summed E-state index contributed by atoms with van der Waals surface area (Å²) in [5, 5.41) is 19.4. The Balaban J connectivity index is 1.58. The minimum absolute atomic E-state index is 0.362. The molecule has 29 heavy (non-hydrogen) atoms. The second-order valence-electron chi connectivity index (χ2n) is 7.21. The van der Waals surface area contributed by atoms with Crippen LogP contribution >= 0.6 is 15.9 Å². The van der Waals surface area contributed by atoms with Crippen LogP contribution in [0.15, 0.2) is 46.9 Å². The molecule has 1 fully saturated rings. The summed E-state index contributed by atoms with van der Waals surface area (Å²) in [4.78, 5) is 0. The lowest BCUT2D eigenvalue weighted by Gasteiger charge is -2.14. The normalized spacial score (nSPS) is 17.7. The number of ether oxygens (including phenoxy) is 2. The monoisotopic (exact) mass is 459 g/mol. The maximum atomic E-state index is 10.0. The molecule has 2 N–H and O–H groups in total. The largest absolute Gasteiger partial charge is 0.487 e. The van der Waals surface area contributed by atoms with E-state index in [2.05, 4.69) is 44.1 Å². The molecule has 0 spiro atoms. The first kappa shape index (κ1) is 20.3. The van der Waals surface area contributed by atoms with Gasteiger partial charge < -0.3 is 19.9 Å². The summed E-state index contributed by atoms with van der Waals surface area (Å²) in [7, 11) is 0. The zero-order chi connectivity index (χ0) is 20.2. The molecule has 7 heteroatoms. The molecule has 0 aliphatic carbocycles. The van der Waals surface area contributed by atoms with Crippen molar-refractivity contribution < 1.29 is 14.6 Å². The van der Waals surface area contributed by atoms with Gasteiger partial charge in [0.25, 0.3) is 0 Å². The number of hydrogen-bond acceptors (Lipinski definition) is 5. The van der Waals surface area contributed by atoms with Crippen LogP contribution in [-0.2, 0) is 17.8 Å². The molecule has 6 nitrogen and oxygen atoms in total. The molecule has 1 aliphatic rings. The zero-order valence-electron chi connectivity index (χ0n) is 16.5. The topological polar surface area (TPSA) is 68.5 Å². The molecule has 4 rings (SSSR count). The fraction of sp³-hybridized carbons (Fsp3) is 0.409. The van der Waals surface area contributed by atoms with Crippen molar-refractivity contribution in [1.29, 1.82) is 0 Å². The number of hydrogen-bond donors (Lipinski definition) is 2. The van der Waals surface area contributed by atoms with Gasteiger partial charge in [-0.3, -0.25) is 4.68 Å². The molecule has 2 atom stereocenters. The minimum Gasteiger partial charge on any atom is -0.487 e. The number of aromatic nitrogens is 2. The molecule has 0 amide bonds. The van der Waals surface area contributed by atoms with Crippen molar-refractivity contribution in [2.24, 2.45) is 0 Å². The average Bonchev–Trinajstić information content (AvgIpc) is 3.35. The first-order valence-corrected chi connectivity index (χ1v) is 10.8. The van der Waals surface area contributed by atoms with Gasteiger partial charge in [-0.15, -0.1) is 0 Å². The van der Waals surface area contributed by atoms with Gasteiger partial charge in [0.15, 0.2) is 6.29 Å². The smallest absolute Gasteiger partial charge is 0.158 e. The summed E-state index contributed by atoms with van der Waals surface area (Å²) in [5.41, 5.74) is 2.95. The Bertz CT molecular complexity index is 969. The summed E-state index contributed by atoms with van der Waals surface area (Å²) >= 11 is 3.58. The van der Waals surface area contributed by atoms with Gasteiger partial charge in [0.1, 0.15) is 18.1 Å². The number of aliphatic hydroxyl groups is 1. The molecule has 0 saturated carbocycles. The van der Waals surface area contributed by atoms with Crippen molar-refractivity contribution >= 4 is 26.8 Å². The molecule has 3 aromatic rings. The van der Waals surface area contributed by atoms with Crippen molar-refractivity contribution in [3.8, 4) is 5.75 Å². The first-order chi connectivity index (χ1) is 14.2. The Hall–Kier alpha value is -1.93. The Morgan fingerprint density at radius 3 is 2.97 bits per heavy atom. The van der Waals surface area contributed by atoms with Crippen molar-refractivity contribution in [2.45, 2.75) is 38.7 Å². The number of benzene rings is 2. The summed E-state index contributed by atoms with van der Waals surface area (Å²) in [6, 6.07) is 14.4. The summed E-state index contributed by atoms with van der Waals surface area (Å²) in [5.74, 6) is 0.742. The van der Waals surface area contributed by atoms with Gasteiger partial charge in [-0.25, -0.2) is 0 Å². The molecular formula is C22H26BrN3O3. The highest BCUT2D eigenvalue weighted by atomic mass is 79.9. The van der Waals surface area contributed by atoms with Crippen molar-refractivity contribution in [3.05, 3.63) is 58.2 Å². The second-order valence-corrected chi connectivity index (χ2v) is 8.13. The van der Waals surface area contributed by atoms with Crippen molar-refractivity contribution in [1.82, 2.24) is 15.1 Å². The fourth-order valence-corrected chi connectivity index (χ4v) is 4.17. The van der Waals surface area contributed by atoms with Crippen LogP contribution in [0.1, 0.15) is 30.6 Å². The number of rotatable bonds is 8.